The van der Waals surface area contributed by atoms with Crippen molar-refractivity contribution in [2.75, 3.05) is 26.7 Å². The lowest BCUT2D eigenvalue weighted by Gasteiger charge is -2.37. The van der Waals surface area contributed by atoms with Crippen LogP contribution in [0.4, 0.5) is 0 Å². The second-order valence-corrected chi connectivity index (χ2v) is 6.44. The largest absolute Gasteiger partial charge is 0.343 e. The molecule has 126 valence electrons. The minimum Gasteiger partial charge on any atom is -0.343 e. The van der Waals surface area contributed by atoms with Crippen LogP contribution in [0.15, 0.2) is 24.3 Å². The van der Waals surface area contributed by atoms with Crippen LogP contribution in [0.25, 0.3) is 11.6 Å². The molecule has 2 aliphatic rings. The van der Waals surface area contributed by atoms with Gasteiger partial charge >= 0.3 is 0 Å². The van der Waals surface area contributed by atoms with Crippen LogP contribution in [0.2, 0.25) is 0 Å². The van der Waals surface area contributed by atoms with E-state index in [0.717, 1.165) is 38.9 Å². The van der Waals surface area contributed by atoms with Gasteiger partial charge in [-0.05, 0) is 36.0 Å². The molecule has 0 spiro atoms. The highest BCUT2D eigenvalue weighted by molar-refractivity contribution is 5.95. The number of halogens is 1. The SMILES string of the molecule is CCC(=O)N(C)C1CCN(CCC2=Cc3ccccc32)CC1.Cl. The Hall–Kier alpha value is -1.32. The summed E-state index contributed by atoms with van der Waals surface area (Å²) in [6.07, 6.45) is 6.29. The molecular weight excluding hydrogens is 308 g/mol. The van der Waals surface area contributed by atoms with Gasteiger partial charge in [0.25, 0.3) is 0 Å². The van der Waals surface area contributed by atoms with Crippen LogP contribution in [0, 0.1) is 0 Å². The molecule has 1 fully saturated rings. The molecule has 1 amide bonds. The van der Waals surface area contributed by atoms with Crippen molar-refractivity contribution >= 4 is 30.0 Å². The molecule has 1 aliphatic heterocycles. The van der Waals surface area contributed by atoms with Gasteiger partial charge in [-0.2, -0.15) is 0 Å². The molecule has 0 atom stereocenters. The van der Waals surface area contributed by atoms with Gasteiger partial charge in [-0.1, -0.05) is 37.3 Å². The predicted octanol–water partition coefficient (Wildman–Crippen LogP) is 3.69. The second-order valence-electron chi connectivity index (χ2n) is 6.44. The van der Waals surface area contributed by atoms with Gasteiger partial charge in [-0.3, -0.25) is 4.79 Å². The van der Waals surface area contributed by atoms with Crippen LogP contribution in [-0.2, 0) is 4.79 Å². The third kappa shape index (κ3) is 3.96. The van der Waals surface area contributed by atoms with Crippen LogP contribution >= 0.6 is 12.4 Å². The number of piperidine rings is 1. The maximum absolute atomic E-state index is 11.8. The third-order valence-corrected chi connectivity index (χ3v) is 5.13. The second kappa shape index (κ2) is 7.98. The Kier molecular flexibility index (Phi) is 6.25. The number of benzene rings is 1. The molecule has 0 unspecified atom stereocenters. The molecule has 1 saturated heterocycles. The molecule has 3 rings (SSSR count). The molecule has 1 aromatic rings. The average molecular weight is 335 g/mol. The van der Waals surface area contributed by atoms with E-state index in [-0.39, 0.29) is 18.3 Å². The number of hydrogen-bond acceptors (Lipinski definition) is 2. The number of likely N-dealkylation sites (tertiary alicyclic amines) is 1. The summed E-state index contributed by atoms with van der Waals surface area (Å²) in [5.74, 6) is 0.273. The van der Waals surface area contributed by atoms with E-state index in [1.54, 1.807) is 0 Å². The first-order valence-corrected chi connectivity index (χ1v) is 8.47. The monoisotopic (exact) mass is 334 g/mol. The number of fused-ring (bicyclic) bond motifs is 1. The minimum atomic E-state index is 0. The third-order valence-electron chi connectivity index (χ3n) is 5.13. The highest BCUT2D eigenvalue weighted by atomic mass is 35.5. The van der Waals surface area contributed by atoms with E-state index < -0.39 is 0 Å². The zero-order valence-corrected chi connectivity index (χ0v) is 14.9. The van der Waals surface area contributed by atoms with Gasteiger partial charge < -0.3 is 9.80 Å². The van der Waals surface area contributed by atoms with Gasteiger partial charge in [-0.15, -0.1) is 12.4 Å². The maximum atomic E-state index is 11.8. The molecule has 23 heavy (non-hydrogen) atoms. The van der Waals surface area contributed by atoms with Crippen molar-refractivity contribution in [3.8, 4) is 0 Å². The summed E-state index contributed by atoms with van der Waals surface area (Å²) in [6.45, 7) is 5.30. The van der Waals surface area contributed by atoms with Gasteiger partial charge in [0.2, 0.25) is 5.91 Å². The topological polar surface area (TPSA) is 23.6 Å². The van der Waals surface area contributed by atoms with Gasteiger partial charge in [0.15, 0.2) is 0 Å². The van der Waals surface area contributed by atoms with Gasteiger partial charge in [0.05, 0.1) is 0 Å². The number of rotatable bonds is 5. The zero-order valence-electron chi connectivity index (χ0n) is 14.1. The standard InChI is InChI=1S/C19H26N2O.ClH/c1-3-19(22)20(2)17-9-12-21(13-10-17)11-8-16-14-15-6-4-5-7-18(15)16;/h4-7,14,17H,3,8-13H2,1-2H3;1H. The summed E-state index contributed by atoms with van der Waals surface area (Å²) >= 11 is 0. The van der Waals surface area contributed by atoms with Gasteiger partial charge in [0.1, 0.15) is 0 Å². The number of amides is 1. The fourth-order valence-corrected chi connectivity index (χ4v) is 3.57. The quantitative estimate of drug-likeness (QED) is 0.820. The fourth-order valence-electron chi connectivity index (χ4n) is 3.57. The molecule has 1 aromatic carbocycles. The van der Waals surface area contributed by atoms with E-state index in [0.29, 0.717) is 12.5 Å². The van der Waals surface area contributed by atoms with E-state index >= 15 is 0 Å². The summed E-state index contributed by atoms with van der Waals surface area (Å²) in [5.41, 5.74) is 4.32. The molecule has 0 N–H and O–H groups in total. The molecule has 0 radical (unpaired) electrons. The van der Waals surface area contributed by atoms with Crippen LogP contribution in [0.5, 0.6) is 0 Å². The lowest BCUT2D eigenvalue weighted by molar-refractivity contribution is -0.132. The van der Waals surface area contributed by atoms with Crippen molar-refractivity contribution in [3.05, 3.63) is 35.4 Å². The minimum absolute atomic E-state index is 0. The van der Waals surface area contributed by atoms with E-state index in [9.17, 15) is 4.79 Å². The Balaban J connectivity index is 0.00000192. The molecular formula is C19H27ClN2O. The van der Waals surface area contributed by atoms with Crippen molar-refractivity contribution in [2.24, 2.45) is 0 Å². The van der Waals surface area contributed by atoms with E-state index in [1.165, 1.54) is 16.7 Å². The summed E-state index contributed by atoms with van der Waals surface area (Å²) in [7, 11) is 1.96. The number of nitrogens with zero attached hydrogens (tertiary/aromatic N) is 2. The Labute approximate surface area is 145 Å². The number of hydrogen-bond donors (Lipinski definition) is 0. The Bertz CT molecular complexity index is 576. The van der Waals surface area contributed by atoms with Crippen LogP contribution < -0.4 is 0 Å². The molecule has 1 aliphatic carbocycles. The van der Waals surface area contributed by atoms with E-state index in [1.807, 2.05) is 18.9 Å². The molecule has 4 heteroatoms. The highest BCUT2D eigenvalue weighted by Gasteiger charge is 2.25. The van der Waals surface area contributed by atoms with Crippen LogP contribution in [0.3, 0.4) is 0 Å². The molecule has 0 saturated carbocycles. The predicted molar refractivity (Wildman–Crippen MR) is 98.7 cm³/mol. The zero-order chi connectivity index (χ0) is 15.5. The smallest absolute Gasteiger partial charge is 0.222 e. The fraction of sp³-hybridized carbons (Fsp3) is 0.526. The number of carbonyl (C=O) groups excluding carboxylic acids is 1. The normalized spacial score (nSPS) is 17.6. The molecule has 1 heterocycles. The first-order chi connectivity index (χ1) is 10.7. The summed E-state index contributed by atoms with van der Waals surface area (Å²) in [5, 5.41) is 0. The average Bonchev–Trinajstić information content (AvgIpc) is 2.55. The summed E-state index contributed by atoms with van der Waals surface area (Å²) in [6, 6.07) is 9.07. The first-order valence-electron chi connectivity index (χ1n) is 8.47. The number of carbonyl (C=O) groups is 1. The van der Waals surface area contributed by atoms with Crippen molar-refractivity contribution in [1.29, 1.82) is 0 Å². The lowest BCUT2D eigenvalue weighted by Crippen LogP contribution is -2.45. The first kappa shape index (κ1) is 18.0. The Morgan fingerprint density at radius 2 is 1.96 bits per heavy atom. The van der Waals surface area contributed by atoms with Crippen LogP contribution in [-0.4, -0.2) is 48.4 Å². The Morgan fingerprint density at radius 1 is 1.26 bits per heavy atom. The van der Waals surface area contributed by atoms with Crippen molar-refractivity contribution in [1.82, 2.24) is 9.80 Å². The molecule has 3 nitrogen and oxygen atoms in total. The lowest BCUT2D eigenvalue weighted by atomic mass is 9.86. The maximum Gasteiger partial charge on any atom is 0.222 e. The van der Waals surface area contributed by atoms with Crippen molar-refractivity contribution in [3.63, 3.8) is 0 Å². The van der Waals surface area contributed by atoms with Crippen LogP contribution in [0.1, 0.15) is 43.7 Å². The highest BCUT2D eigenvalue weighted by Crippen LogP contribution is 2.34. The molecule has 0 bridgehead atoms. The van der Waals surface area contributed by atoms with Gasteiger partial charge in [0, 0.05) is 39.1 Å². The Morgan fingerprint density at radius 3 is 2.61 bits per heavy atom. The summed E-state index contributed by atoms with van der Waals surface area (Å²) in [4.78, 5) is 16.3. The van der Waals surface area contributed by atoms with E-state index in [4.69, 9.17) is 0 Å². The summed E-state index contributed by atoms with van der Waals surface area (Å²) < 4.78 is 0. The van der Waals surface area contributed by atoms with Crippen molar-refractivity contribution in [2.45, 2.75) is 38.6 Å². The van der Waals surface area contributed by atoms with Gasteiger partial charge in [-0.25, -0.2) is 0 Å². The van der Waals surface area contributed by atoms with E-state index in [2.05, 4.69) is 35.2 Å². The van der Waals surface area contributed by atoms with Crippen molar-refractivity contribution < 1.29 is 4.79 Å². The molecule has 0 aromatic heterocycles.